The fourth-order valence-corrected chi connectivity index (χ4v) is 5.10. The minimum Gasteiger partial charge on any atom is -0.497 e. The summed E-state index contributed by atoms with van der Waals surface area (Å²) in [6.45, 7) is 3.95. The van der Waals surface area contributed by atoms with Crippen LogP contribution in [0.4, 0.5) is 5.69 Å². The van der Waals surface area contributed by atoms with Gasteiger partial charge in [-0.2, -0.15) is 0 Å². The lowest BCUT2D eigenvalue weighted by atomic mass is 9.89. The lowest BCUT2D eigenvalue weighted by Gasteiger charge is -2.43. The van der Waals surface area contributed by atoms with Gasteiger partial charge in [-0.25, -0.2) is 0 Å². The summed E-state index contributed by atoms with van der Waals surface area (Å²) in [6.07, 6.45) is 4.25. The number of methoxy groups -OCH3 is 1. The second-order valence-electron chi connectivity index (χ2n) is 8.31. The Morgan fingerprint density at radius 1 is 1.00 bits per heavy atom. The van der Waals surface area contributed by atoms with Gasteiger partial charge in [0, 0.05) is 43.8 Å². The molecule has 0 radical (unpaired) electrons. The Balaban J connectivity index is 1.25. The van der Waals surface area contributed by atoms with Crippen LogP contribution in [0.15, 0.2) is 42.5 Å². The van der Waals surface area contributed by atoms with Gasteiger partial charge in [-0.3, -0.25) is 9.69 Å². The number of halogens is 2. The van der Waals surface area contributed by atoms with Crippen molar-refractivity contribution in [3.05, 3.63) is 58.1 Å². The van der Waals surface area contributed by atoms with Gasteiger partial charge in [0.05, 0.1) is 22.8 Å². The predicted molar refractivity (Wildman–Crippen MR) is 127 cm³/mol. The van der Waals surface area contributed by atoms with Crippen LogP contribution in [0.25, 0.3) is 0 Å². The number of piperazine rings is 1. The number of benzene rings is 2. The van der Waals surface area contributed by atoms with Gasteiger partial charge in [0.1, 0.15) is 5.75 Å². The third-order valence-corrected chi connectivity index (χ3v) is 7.28. The predicted octanol–water partition coefficient (Wildman–Crippen LogP) is 4.87. The average molecular weight is 462 g/mol. The zero-order chi connectivity index (χ0) is 21.8. The molecule has 4 rings (SSSR count). The number of rotatable bonds is 5. The Morgan fingerprint density at radius 3 is 2.42 bits per heavy atom. The highest BCUT2D eigenvalue weighted by molar-refractivity contribution is 6.43. The molecule has 7 heteroatoms. The SMILES string of the molecule is COc1cccc(C(=O)NC2CCC(N3CCN(c4cccc(Cl)c4Cl)CC3)CC2)c1. The van der Waals surface area contributed by atoms with E-state index in [1.165, 1.54) is 0 Å². The maximum Gasteiger partial charge on any atom is 0.251 e. The Kier molecular flexibility index (Phi) is 7.26. The molecule has 5 nitrogen and oxygen atoms in total. The van der Waals surface area contributed by atoms with E-state index in [1.54, 1.807) is 13.2 Å². The van der Waals surface area contributed by atoms with E-state index in [4.69, 9.17) is 27.9 Å². The number of nitrogens with one attached hydrogen (secondary N) is 1. The molecule has 31 heavy (non-hydrogen) atoms. The maximum absolute atomic E-state index is 12.6. The molecule has 1 saturated carbocycles. The Morgan fingerprint density at radius 2 is 1.71 bits per heavy atom. The Labute approximate surface area is 194 Å². The first-order chi connectivity index (χ1) is 15.0. The van der Waals surface area contributed by atoms with Gasteiger partial charge in [0.15, 0.2) is 0 Å². The van der Waals surface area contributed by atoms with Crippen molar-refractivity contribution in [2.75, 3.05) is 38.2 Å². The zero-order valence-electron chi connectivity index (χ0n) is 17.8. The van der Waals surface area contributed by atoms with E-state index >= 15 is 0 Å². The summed E-state index contributed by atoms with van der Waals surface area (Å²) in [5, 5.41) is 4.45. The van der Waals surface area contributed by atoms with Gasteiger partial charge in [0.25, 0.3) is 5.91 Å². The van der Waals surface area contributed by atoms with Crippen molar-refractivity contribution in [2.24, 2.45) is 0 Å². The van der Waals surface area contributed by atoms with E-state index in [2.05, 4.69) is 15.1 Å². The molecule has 0 bridgehead atoms. The van der Waals surface area contributed by atoms with E-state index in [0.717, 1.165) is 57.5 Å². The second-order valence-corrected chi connectivity index (χ2v) is 9.09. The number of amides is 1. The molecule has 2 aromatic carbocycles. The summed E-state index contributed by atoms with van der Waals surface area (Å²) < 4.78 is 5.22. The molecule has 2 aromatic rings. The van der Waals surface area contributed by atoms with Crippen LogP contribution in [-0.2, 0) is 0 Å². The lowest BCUT2D eigenvalue weighted by molar-refractivity contribution is 0.0898. The summed E-state index contributed by atoms with van der Waals surface area (Å²) in [6, 6.07) is 14.0. The first-order valence-electron chi connectivity index (χ1n) is 10.9. The second kappa shape index (κ2) is 10.1. The molecule has 1 N–H and O–H groups in total. The number of nitrogens with zero attached hydrogens (tertiary/aromatic N) is 2. The summed E-state index contributed by atoms with van der Waals surface area (Å²) in [5.74, 6) is 0.684. The molecule has 1 saturated heterocycles. The van der Waals surface area contributed by atoms with E-state index < -0.39 is 0 Å². The van der Waals surface area contributed by atoms with Crippen LogP contribution in [0.5, 0.6) is 5.75 Å². The number of carbonyl (C=O) groups excluding carboxylic acids is 1. The largest absolute Gasteiger partial charge is 0.497 e. The zero-order valence-corrected chi connectivity index (χ0v) is 19.3. The smallest absolute Gasteiger partial charge is 0.251 e. The quantitative estimate of drug-likeness (QED) is 0.689. The summed E-state index contributed by atoms with van der Waals surface area (Å²) in [7, 11) is 1.61. The summed E-state index contributed by atoms with van der Waals surface area (Å²) in [4.78, 5) is 17.5. The standard InChI is InChI=1S/C24H29Cl2N3O2/c1-31-20-5-2-4-17(16-20)24(30)27-18-8-10-19(11-9-18)28-12-14-29(15-13-28)22-7-3-6-21(25)23(22)26/h2-7,16,18-19H,8-15H2,1H3,(H,27,30). The maximum atomic E-state index is 12.6. The number of hydrogen-bond acceptors (Lipinski definition) is 4. The van der Waals surface area contributed by atoms with Crippen molar-refractivity contribution in [3.8, 4) is 5.75 Å². The van der Waals surface area contributed by atoms with Crippen molar-refractivity contribution in [1.29, 1.82) is 0 Å². The number of ether oxygens (including phenoxy) is 1. The topological polar surface area (TPSA) is 44.8 Å². The number of hydrogen-bond donors (Lipinski definition) is 1. The minimum atomic E-state index is -0.0191. The molecule has 166 valence electrons. The van der Waals surface area contributed by atoms with Crippen molar-refractivity contribution < 1.29 is 9.53 Å². The molecule has 2 aliphatic rings. The summed E-state index contributed by atoms with van der Waals surface area (Å²) in [5.41, 5.74) is 1.68. The molecule has 0 aromatic heterocycles. The fourth-order valence-electron chi connectivity index (χ4n) is 4.68. The van der Waals surface area contributed by atoms with Crippen LogP contribution in [-0.4, -0.2) is 56.2 Å². The van der Waals surface area contributed by atoms with Crippen molar-refractivity contribution >= 4 is 34.8 Å². The average Bonchev–Trinajstić information content (AvgIpc) is 2.81. The molecular weight excluding hydrogens is 433 g/mol. The molecule has 0 atom stereocenters. The van der Waals surface area contributed by atoms with Gasteiger partial charge in [-0.05, 0) is 56.0 Å². The molecule has 1 aliphatic carbocycles. The monoisotopic (exact) mass is 461 g/mol. The highest BCUT2D eigenvalue weighted by atomic mass is 35.5. The van der Waals surface area contributed by atoms with Crippen LogP contribution in [0.1, 0.15) is 36.0 Å². The van der Waals surface area contributed by atoms with Crippen LogP contribution in [0, 0.1) is 0 Å². The van der Waals surface area contributed by atoms with Crippen LogP contribution >= 0.6 is 23.2 Å². The first-order valence-corrected chi connectivity index (χ1v) is 11.7. The number of carbonyl (C=O) groups is 1. The molecule has 1 amide bonds. The molecule has 1 heterocycles. The van der Waals surface area contributed by atoms with E-state index in [1.807, 2.05) is 36.4 Å². The fraction of sp³-hybridized carbons (Fsp3) is 0.458. The van der Waals surface area contributed by atoms with E-state index in [0.29, 0.717) is 27.4 Å². The van der Waals surface area contributed by atoms with Crippen LogP contribution in [0.3, 0.4) is 0 Å². The van der Waals surface area contributed by atoms with Crippen LogP contribution < -0.4 is 15.0 Å². The Bertz CT molecular complexity index is 907. The first kappa shape index (κ1) is 22.3. The lowest BCUT2D eigenvalue weighted by Crippen LogP contribution is -2.52. The van der Waals surface area contributed by atoms with E-state index in [9.17, 15) is 4.79 Å². The molecule has 1 aliphatic heterocycles. The van der Waals surface area contributed by atoms with Crippen LogP contribution in [0.2, 0.25) is 10.0 Å². The van der Waals surface area contributed by atoms with Gasteiger partial charge >= 0.3 is 0 Å². The molecular formula is C24H29Cl2N3O2. The minimum absolute atomic E-state index is 0.0191. The van der Waals surface area contributed by atoms with Crippen molar-refractivity contribution in [2.45, 2.75) is 37.8 Å². The molecule has 2 fully saturated rings. The third-order valence-electron chi connectivity index (χ3n) is 6.47. The molecule has 0 unspecified atom stereocenters. The Hall–Kier alpha value is -1.95. The highest BCUT2D eigenvalue weighted by Gasteiger charge is 2.29. The highest BCUT2D eigenvalue weighted by Crippen LogP contribution is 2.33. The summed E-state index contributed by atoms with van der Waals surface area (Å²) >= 11 is 12.6. The van der Waals surface area contributed by atoms with Gasteiger partial charge in [-0.15, -0.1) is 0 Å². The normalized spacial score (nSPS) is 22.2. The van der Waals surface area contributed by atoms with Gasteiger partial charge in [-0.1, -0.05) is 35.3 Å². The van der Waals surface area contributed by atoms with Crippen molar-refractivity contribution in [1.82, 2.24) is 10.2 Å². The molecule has 0 spiro atoms. The third kappa shape index (κ3) is 5.28. The van der Waals surface area contributed by atoms with Gasteiger partial charge in [0.2, 0.25) is 0 Å². The number of anilines is 1. The van der Waals surface area contributed by atoms with E-state index in [-0.39, 0.29) is 11.9 Å². The van der Waals surface area contributed by atoms with Crippen molar-refractivity contribution in [3.63, 3.8) is 0 Å². The van der Waals surface area contributed by atoms with Gasteiger partial charge < -0.3 is 15.0 Å².